The molecule has 0 saturated heterocycles. The molecule has 0 bridgehead atoms. The second-order valence-electron chi connectivity index (χ2n) is 4.14. The van der Waals surface area contributed by atoms with E-state index in [0.717, 1.165) is 29.2 Å². The largest absolute Gasteiger partial charge is 0.493 e. The quantitative estimate of drug-likeness (QED) is 0.607. The molecule has 0 spiro atoms. The van der Waals surface area contributed by atoms with E-state index in [1.165, 1.54) is 11.5 Å². The van der Waals surface area contributed by atoms with Gasteiger partial charge in [0.05, 0.1) is 23.9 Å². The topological polar surface area (TPSA) is 90.9 Å². The summed E-state index contributed by atoms with van der Waals surface area (Å²) in [5, 5.41) is 8.37. The highest BCUT2D eigenvalue weighted by molar-refractivity contribution is 7.05. The molecule has 2 aromatic rings. The summed E-state index contributed by atoms with van der Waals surface area (Å²) in [5.74, 6) is 6.43. The number of aryl methyl sites for hydroxylation is 2. The second-order valence-corrected chi connectivity index (χ2v) is 4.93. The second kappa shape index (κ2) is 6.09. The number of nitrogens with zero attached hydrogens (tertiary/aromatic N) is 4. The highest BCUT2D eigenvalue weighted by Gasteiger charge is 2.26. The summed E-state index contributed by atoms with van der Waals surface area (Å²) < 4.78 is 11.2. The van der Waals surface area contributed by atoms with Gasteiger partial charge in [-0.25, -0.2) is 5.43 Å². The maximum Gasteiger partial charge on any atom is 0.162 e. The first-order valence-corrected chi connectivity index (χ1v) is 6.84. The highest BCUT2D eigenvalue weighted by atomic mass is 32.1. The van der Waals surface area contributed by atoms with E-state index >= 15 is 0 Å². The zero-order chi connectivity index (χ0) is 13.8. The molecule has 0 aliphatic carbocycles. The number of nitrogens with two attached hydrogens (primary N) is 1. The molecule has 104 valence electrons. The monoisotopic (exact) mass is 282 g/mol. The van der Waals surface area contributed by atoms with Crippen LogP contribution in [-0.4, -0.2) is 26.5 Å². The molecule has 2 aromatic heterocycles. The Bertz CT molecular complexity index is 537. The molecule has 0 amide bonds. The van der Waals surface area contributed by atoms with Gasteiger partial charge in [-0.1, -0.05) is 11.4 Å². The van der Waals surface area contributed by atoms with Crippen molar-refractivity contribution in [2.75, 3.05) is 7.11 Å². The minimum absolute atomic E-state index is 0.219. The van der Waals surface area contributed by atoms with Crippen molar-refractivity contribution in [1.82, 2.24) is 24.8 Å². The first-order chi connectivity index (χ1) is 9.22. The van der Waals surface area contributed by atoms with Gasteiger partial charge in [-0.3, -0.25) is 10.5 Å². The SMILES string of the molecule is CCCn1ncc(OC)c1C(NN)c1snnc1C. The van der Waals surface area contributed by atoms with E-state index in [9.17, 15) is 0 Å². The Labute approximate surface area is 115 Å². The molecule has 3 N–H and O–H groups in total. The Balaban J connectivity index is 2.48. The zero-order valence-corrected chi connectivity index (χ0v) is 12.1. The van der Waals surface area contributed by atoms with E-state index in [1.54, 1.807) is 13.3 Å². The van der Waals surface area contributed by atoms with Gasteiger partial charge in [-0.05, 0) is 24.9 Å². The Morgan fingerprint density at radius 3 is 2.89 bits per heavy atom. The molecule has 0 aliphatic heterocycles. The lowest BCUT2D eigenvalue weighted by Gasteiger charge is -2.17. The number of nitrogens with one attached hydrogen (secondary N) is 1. The first-order valence-electron chi connectivity index (χ1n) is 6.07. The maximum atomic E-state index is 5.72. The summed E-state index contributed by atoms with van der Waals surface area (Å²) in [6.45, 7) is 4.82. The van der Waals surface area contributed by atoms with Gasteiger partial charge in [0.2, 0.25) is 0 Å². The number of hydrogen-bond acceptors (Lipinski definition) is 7. The lowest BCUT2D eigenvalue weighted by Crippen LogP contribution is -2.31. The third kappa shape index (κ3) is 2.60. The van der Waals surface area contributed by atoms with Crippen LogP contribution in [0.4, 0.5) is 0 Å². The van der Waals surface area contributed by atoms with E-state index in [4.69, 9.17) is 10.6 Å². The van der Waals surface area contributed by atoms with Crippen LogP contribution < -0.4 is 16.0 Å². The number of aromatic nitrogens is 4. The van der Waals surface area contributed by atoms with E-state index in [2.05, 4.69) is 27.0 Å². The van der Waals surface area contributed by atoms with Gasteiger partial charge in [0.25, 0.3) is 0 Å². The fourth-order valence-corrected chi connectivity index (χ4v) is 2.71. The van der Waals surface area contributed by atoms with Crippen LogP contribution >= 0.6 is 11.5 Å². The van der Waals surface area contributed by atoms with Crippen molar-refractivity contribution in [2.24, 2.45) is 5.84 Å². The average molecular weight is 282 g/mol. The highest BCUT2D eigenvalue weighted by Crippen LogP contribution is 2.32. The molecule has 0 saturated carbocycles. The molecule has 2 heterocycles. The third-order valence-electron chi connectivity index (χ3n) is 2.89. The number of ether oxygens (including phenoxy) is 1. The fraction of sp³-hybridized carbons (Fsp3) is 0.545. The van der Waals surface area contributed by atoms with Crippen LogP contribution in [0.2, 0.25) is 0 Å². The predicted molar refractivity (Wildman–Crippen MR) is 72.9 cm³/mol. The molecular formula is C11H18N6OS. The molecule has 1 atom stereocenters. The Hall–Kier alpha value is -1.51. The molecule has 1 unspecified atom stereocenters. The molecule has 0 aromatic carbocycles. The molecule has 7 nitrogen and oxygen atoms in total. The normalized spacial score (nSPS) is 12.6. The van der Waals surface area contributed by atoms with Crippen molar-refractivity contribution in [3.63, 3.8) is 0 Å². The molecule has 2 rings (SSSR count). The van der Waals surface area contributed by atoms with Crippen molar-refractivity contribution >= 4 is 11.5 Å². The van der Waals surface area contributed by atoms with Crippen LogP contribution in [0.3, 0.4) is 0 Å². The first kappa shape index (κ1) is 13.9. The number of rotatable bonds is 6. The van der Waals surface area contributed by atoms with Gasteiger partial charge in [0.1, 0.15) is 11.7 Å². The van der Waals surface area contributed by atoms with Crippen molar-refractivity contribution < 1.29 is 4.74 Å². The molecule has 0 fully saturated rings. The van der Waals surface area contributed by atoms with Gasteiger partial charge in [0.15, 0.2) is 5.75 Å². The average Bonchev–Trinajstić information content (AvgIpc) is 3.00. The van der Waals surface area contributed by atoms with Crippen LogP contribution in [-0.2, 0) is 6.54 Å². The number of hydrazine groups is 1. The lowest BCUT2D eigenvalue weighted by atomic mass is 10.1. The zero-order valence-electron chi connectivity index (χ0n) is 11.3. The minimum atomic E-state index is -0.219. The summed E-state index contributed by atoms with van der Waals surface area (Å²) in [5.41, 5.74) is 4.57. The van der Waals surface area contributed by atoms with Crippen molar-refractivity contribution in [3.05, 3.63) is 22.5 Å². The van der Waals surface area contributed by atoms with Gasteiger partial charge < -0.3 is 4.74 Å². The van der Waals surface area contributed by atoms with Crippen LogP contribution in [0.1, 0.15) is 35.7 Å². The Morgan fingerprint density at radius 2 is 2.37 bits per heavy atom. The van der Waals surface area contributed by atoms with E-state index in [0.29, 0.717) is 5.75 Å². The minimum Gasteiger partial charge on any atom is -0.493 e. The summed E-state index contributed by atoms with van der Waals surface area (Å²) in [7, 11) is 1.63. The summed E-state index contributed by atoms with van der Waals surface area (Å²) in [4.78, 5) is 0.971. The molecule has 8 heteroatoms. The summed E-state index contributed by atoms with van der Waals surface area (Å²) >= 11 is 1.33. The molecule has 19 heavy (non-hydrogen) atoms. The van der Waals surface area contributed by atoms with Gasteiger partial charge >= 0.3 is 0 Å². The van der Waals surface area contributed by atoms with Crippen molar-refractivity contribution in [1.29, 1.82) is 0 Å². The van der Waals surface area contributed by atoms with Gasteiger partial charge in [-0.2, -0.15) is 5.10 Å². The fourth-order valence-electron chi connectivity index (χ4n) is 2.00. The summed E-state index contributed by atoms with van der Waals surface area (Å²) in [6, 6.07) is -0.219. The van der Waals surface area contributed by atoms with E-state index in [-0.39, 0.29) is 6.04 Å². The standard InChI is InChI=1S/C11H18N6OS/c1-4-5-17-10(8(18-3)6-13-17)9(14-12)11-7(2)15-16-19-11/h6,9,14H,4-5,12H2,1-3H3. The van der Waals surface area contributed by atoms with E-state index < -0.39 is 0 Å². The van der Waals surface area contributed by atoms with Crippen LogP contribution in [0, 0.1) is 6.92 Å². The Morgan fingerprint density at radius 1 is 1.58 bits per heavy atom. The predicted octanol–water partition coefficient (Wildman–Crippen LogP) is 1.01. The number of methoxy groups -OCH3 is 1. The lowest BCUT2D eigenvalue weighted by molar-refractivity contribution is 0.398. The summed E-state index contributed by atoms with van der Waals surface area (Å²) in [6.07, 6.45) is 2.69. The molecule has 0 aliphatic rings. The molecule has 0 radical (unpaired) electrons. The van der Waals surface area contributed by atoms with Gasteiger partial charge in [-0.15, -0.1) is 5.10 Å². The Kier molecular flexibility index (Phi) is 4.46. The smallest absolute Gasteiger partial charge is 0.162 e. The van der Waals surface area contributed by atoms with Crippen LogP contribution in [0.15, 0.2) is 6.20 Å². The third-order valence-corrected chi connectivity index (χ3v) is 3.78. The van der Waals surface area contributed by atoms with Crippen molar-refractivity contribution in [2.45, 2.75) is 32.9 Å². The van der Waals surface area contributed by atoms with Crippen molar-refractivity contribution in [3.8, 4) is 5.75 Å². The van der Waals surface area contributed by atoms with Crippen LogP contribution in [0.5, 0.6) is 5.75 Å². The van der Waals surface area contributed by atoms with Crippen LogP contribution in [0.25, 0.3) is 0 Å². The molecular weight excluding hydrogens is 264 g/mol. The number of hydrogen-bond donors (Lipinski definition) is 2. The van der Waals surface area contributed by atoms with E-state index in [1.807, 2.05) is 11.6 Å². The maximum absolute atomic E-state index is 5.72. The van der Waals surface area contributed by atoms with Gasteiger partial charge in [0, 0.05) is 6.54 Å².